The van der Waals surface area contributed by atoms with Gasteiger partial charge in [0, 0.05) is 24.1 Å². The zero-order chi connectivity index (χ0) is 20.3. The van der Waals surface area contributed by atoms with Gasteiger partial charge in [-0.25, -0.2) is 0 Å². The summed E-state index contributed by atoms with van der Waals surface area (Å²) >= 11 is 0. The molecule has 0 saturated heterocycles. The van der Waals surface area contributed by atoms with Crippen LogP contribution >= 0.6 is 0 Å². The number of hydrogen-bond acceptors (Lipinski definition) is 6. The summed E-state index contributed by atoms with van der Waals surface area (Å²) in [4.78, 5) is 34.6. The lowest BCUT2D eigenvalue weighted by atomic mass is 9.88. The molecular formula is C19H19N3O6. The lowest BCUT2D eigenvalue weighted by molar-refractivity contribution is -0.384. The number of ether oxygens (including phenoxy) is 1. The van der Waals surface area contributed by atoms with Gasteiger partial charge in [-0.1, -0.05) is 24.3 Å². The number of nitrogens with one attached hydrogen (secondary N) is 2. The van der Waals surface area contributed by atoms with Crippen LogP contribution in [0.2, 0.25) is 0 Å². The van der Waals surface area contributed by atoms with Crippen molar-refractivity contribution in [3.05, 3.63) is 63.7 Å². The van der Waals surface area contributed by atoms with Crippen LogP contribution in [0.4, 0.5) is 11.4 Å². The molecule has 1 heterocycles. The van der Waals surface area contributed by atoms with Crippen molar-refractivity contribution in [2.75, 3.05) is 18.5 Å². The fourth-order valence-electron chi connectivity index (χ4n) is 2.97. The summed E-state index contributed by atoms with van der Waals surface area (Å²) in [6, 6.07) is 10.9. The van der Waals surface area contributed by atoms with Gasteiger partial charge in [0.2, 0.25) is 0 Å². The number of amides is 2. The summed E-state index contributed by atoms with van der Waals surface area (Å²) < 4.78 is 5.49. The van der Waals surface area contributed by atoms with Crippen LogP contribution in [0.3, 0.4) is 0 Å². The first kappa shape index (κ1) is 19.3. The normalized spacial score (nSPS) is 17.8. The minimum atomic E-state index is -1.35. The summed E-state index contributed by atoms with van der Waals surface area (Å²) in [6.07, 6.45) is 0.260. The van der Waals surface area contributed by atoms with Crippen molar-refractivity contribution in [1.82, 2.24) is 5.32 Å². The number of rotatable bonds is 4. The first-order valence-corrected chi connectivity index (χ1v) is 8.59. The number of nitro groups is 1. The minimum absolute atomic E-state index is 0.171. The molecule has 1 atom stereocenters. The lowest BCUT2D eigenvalue weighted by Gasteiger charge is -2.34. The Labute approximate surface area is 160 Å². The van der Waals surface area contributed by atoms with Crippen LogP contribution in [0.15, 0.2) is 42.5 Å². The van der Waals surface area contributed by atoms with Crippen molar-refractivity contribution in [3.8, 4) is 5.75 Å². The molecule has 9 nitrogen and oxygen atoms in total. The smallest absolute Gasteiger partial charge is 0.313 e. The Morgan fingerprint density at radius 2 is 2.00 bits per heavy atom. The zero-order valence-electron chi connectivity index (χ0n) is 15.1. The fourth-order valence-corrected chi connectivity index (χ4v) is 2.97. The van der Waals surface area contributed by atoms with Crippen LogP contribution in [0.5, 0.6) is 5.75 Å². The topological polar surface area (TPSA) is 131 Å². The van der Waals surface area contributed by atoms with E-state index in [4.69, 9.17) is 4.74 Å². The molecule has 0 spiro atoms. The number of nitro benzene ring substituents is 1. The predicted octanol–water partition coefficient (Wildman–Crippen LogP) is 1.63. The summed E-state index contributed by atoms with van der Waals surface area (Å²) in [5.74, 6) is -1.40. The zero-order valence-corrected chi connectivity index (χ0v) is 15.1. The largest absolute Gasteiger partial charge is 0.493 e. The summed E-state index contributed by atoms with van der Waals surface area (Å²) in [5, 5.41) is 26.5. The van der Waals surface area contributed by atoms with E-state index in [0.717, 1.165) is 0 Å². The number of fused-ring (bicyclic) bond motifs is 1. The molecule has 0 bridgehead atoms. The van der Waals surface area contributed by atoms with E-state index < -0.39 is 22.3 Å². The van der Waals surface area contributed by atoms with Crippen molar-refractivity contribution in [2.45, 2.75) is 18.9 Å². The van der Waals surface area contributed by atoms with Gasteiger partial charge in [-0.05, 0) is 18.6 Å². The number of hydrogen-bond donors (Lipinski definition) is 3. The second-order valence-corrected chi connectivity index (χ2v) is 6.52. The Kier molecular flexibility index (Phi) is 5.27. The average Bonchev–Trinajstić information content (AvgIpc) is 2.68. The second kappa shape index (κ2) is 7.65. The van der Waals surface area contributed by atoms with Crippen molar-refractivity contribution in [1.29, 1.82) is 0 Å². The fraction of sp³-hybridized carbons (Fsp3) is 0.263. The molecular weight excluding hydrogens is 366 g/mol. The average molecular weight is 385 g/mol. The van der Waals surface area contributed by atoms with Gasteiger partial charge in [-0.15, -0.1) is 0 Å². The van der Waals surface area contributed by atoms with Crippen LogP contribution in [0, 0.1) is 17.0 Å². The molecule has 1 unspecified atom stereocenters. The van der Waals surface area contributed by atoms with Crippen molar-refractivity contribution in [3.63, 3.8) is 0 Å². The van der Waals surface area contributed by atoms with E-state index in [1.165, 1.54) is 18.2 Å². The number of non-ortho nitro benzene ring substituents is 1. The van der Waals surface area contributed by atoms with Crippen LogP contribution < -0.4 is 15.4 Å². The van der Waals surface area contributed by atoms with Crippen LogP contribution in [0.25, 0.3) is 0 Å². The van der Waals surface area contributed by atoms with E-state index in [2.05, 4.69) is 10.6 Å². The minimum Gasteiger partial charge on any atom is -0.493 e. The number of aliphatic hydroxyl groups is 1. The van der Waals surface area contributed by atoms with Gasteiger partial charge in [-0.2, -0.15) is 0 Å². The Morgan fingerprint density at radius 1 is 1.25 bits per heavy atom. The molecule has 3 rings (SSSR count). The van der Waals surface area contributed by atoms with Crippen molar-refractivity contribution in [2.24, 2.45) is 0 Å². The highest BCUT2D eigenvalue weighted by Crippen LogP contribution is 2.36. The molecule has 0 aromatic heterocycles. The summed E-state index contributed by atoms with van der Waals surface area (Å²) in [6.45, 7) is 1.76. The Morgan fingerprint density at radius 3 is 2.75 bits per heavy atom. The molecule has 0 saturated carbocycles. The molecule has 2 aromatic carbocycles. The first-order valence-electron chi connectivity index (χ1n) is 8.59. The van der Waals surface area contributed by atoms with E-state index in [1.807, 2.05) is 0 Å². The maximum atomic E-state index is 12.2. The summed E-state index contributed by atoms with van der Waals surface area (Å²) in [5.41, 5.74) is -0.272. The number of anilines is 1. The van der Waals surface area contributed by atoms with Crippen LogP contribution in [-0.4, -0.2) is 35.0 Å². The Bertz CT molecular complexity index is 945. The van der Waals surface area contributed by atoms with E-state index in [1.54, 1.807) is 31.2 Å². The van der Waals surface area contributed by atoms with E-state index in [-0.39, 0.29) is 30.9 Å². The van der Waals surface area contributed by atoms with Gasteiger partial charge in [0.15, 0.2) is 0 Å². The van der Waals surface area contributed by atoms with E-state index >= 15 is 0 Å². The van der Waals surface area contributed by atoms with Gasteiger partial charge in [-0.3, -0.25) is 19.7 Å². The SMILES string of the molecule is Cc1ccc([N+](=O)[O-])cc1NC(=O)C(=O)NCC1(O)CCOc2ccccc21. The van der Waals surface area contributed by atoms with Crippen LogP contribution in [0.1, 0.15) is 17.5 Å². The molecule has 146 valence electrons. The third-order valence-corrected chi connectivity index (χ3v) is 4.59. The predicted molar refractivity (Wildman–Crippen MR) is 99.9 cm³/mol. The maximum Gasteiger partial charge on any atom is 0.313 e. The Balaban J connectivity index is 1.67. The van der Waals surface area contributed by atoms with Gasteiger partial charge < -0.3 is 20.5 Å². The van der Waals surface area contributed by atoms with Gasteiger partial charge in [0.05, 0.1) is 23.8 Å². The molecule has 1 aliphatic rings. The Hall–Kier alpha value is -3.46. The van der Waals surface area contributed by atoms with Crippen LogP contribution in [-0.2, 0) is 15.2 Å². The monoisotopic (exact) mass is 385 g/mol. The number of aryl methyl sites for hydroxylation is 1. The highest BCUT2D eigenvalue weighted by atomic mass is 16.6. The number of benzene rings is 2. The molecule has 3 N–H and O–H groups in total. The van der Waals surface area contributed by atoms with Crippen molar-refractivity contribution >= 4 is 23.2 Å². The highest BCUT2D eigenvalue weighted by molar-refractivity contribution is 6.39. The molecule has 0 fully saturated rings. The standard InChI is InChI=1S/C19H19N3O6/c1-12-6-7-13(22(26)27)10-15(12)21-18(24)17(23)20-11-19(25)8-9-28-16-5-3-2-4-14(16)19/h2-7,10,25H,8-9,11H2,1H3,(H,20,23)(H,21,24). The second-order valence-electron chi connectivity index (χ2n) is 6.52. The number of carbonyl (C=O) groups excluding carboxylic acids is 2. The molecule has 28 heavy (non-hydrogen) atoms. The lowest BCUT2D eigenvalue weighted by Crippen LogP contribution is -2.46. The molecule has 1 aliphatic heterocycles. The third kappa shape index (κ3) is 3.94. The molecule has 2 amide bonds. The molecule has 0 radical (unpaired) electrons. The van der Waals surface area contributed by atoms with Gasteiger partial charge in [0.25, 0.3) is 5.69 Å². The number of carbonyl (C=O) groups is 2. The van der Waals surface area contributed by atoms with Crippen molar-refractivity contribution < 1.29 is 24.4 Å². The molecule has 9 heteroatoms. The van der Waals surface area contributed by atoms with E-state index in [9.17, 15) is 24.8 Å². The third-order valence-electron chi connectivity index (χ3n) is 4.59. The van der Waals surface area contributed by atoms with E-state index in [0.29, 0.717) is 16.9 Å². The maximum absolute atomic E-state index is 12.2. The number of para-hydroxylation sites is 1. The number of nitrogens with zero attached hydrogens (tertiary/aromatic N) is 1. The first-order chi connectivity index (χ1) is 13.3. The van der Waals surface area contributed by atoms with Gasteiger partial charge in [0.1, 0.15) is 11.4 Å². The highest BCUT2D eigenvalue weighted by Gasteiger charge is 2.36. The summed E-state index contributed by atoms with van der Waals surface area (Å²) in [7, 11) is 0. The molecule has 0 aliphatic carbocycles. The quantitative estimate of drug-likeness (QED) is 0.416. The molecule has 2 aromatic rings. The van der Waals surface area contributed by atoms with Gasteiger partial charge >= 0.3 is 11.8 Å².